The van der Waals surface area contributed by atoms with Crippen molar-refractivity contribution in [3.8, 4) is 5.88 Å². The van der Waals surface area contributed by atoms with E-state index in [1.807, 2.05) is 18.7 Å². The number of pyridine rings is 2. The van der Waals surface area contributed by atoms with Crippen LogP contribution in [0.25, 0.3) is 0 Å². The number of hydrogen-bond acceptors (Lipinski definition) is 8. The predicted molar refractivity (Wildman–Crippen MR) is 133 cm³/mol. The molecule has 0 saturated carbocycles. The number of nitrogens with zero attached hydrogens (tertiary/aromatic N) is 5. The number of carbonyl (C=O) groups excluding carboxylic acids is 3. The van der Waals surface area contributed by atoms with E-state index < -0.39 is 12.1 Å². The van der Waals surface area contributed by atoms with Crippen LogP contribution in [0.4, 0.5) is 10.6 Å². The number of likely N-dealkylation sites (tertiary alicyclic amines) is 1. The molecule has 0 bridgehead atoms. The average Bonchev–Trinajstić information content (AvgIpc) is 2.84. The van der Waals surface area contributed by atoms with E-state index in [2.05, 4.69) is 9.97 Å². The Morgan fingerprint density at radius 1 is 0.946 bits per heavy atom. The Balaban J connectivity index is 1.23. The van der Waals surface area contributed by atoms with Gasteiger partial charge in [-0.2, -0.15) is 0 Å². The highest BCUT2D eigenvalue weighted by Gasteiger charge is 2.37. The third-order valence-corrected chi connectivity index (χ3v) is 6.50. The predicted octanol–water partition coefficient (Wildman–Crippen LogP) is 2.14. The van der Waals surface area contributed by atoms with Crippen LogP contribution in [-0.4, -0.2) is 81.5 Å². The molecule has 196 valence electrons. The van der Waals surface area contributed by atoms with Gasteiger partial charge in [0, 0.05) is 64.0 Å². The van der Waals surface area contributed by atoms with Crippen molar-refractivity contribution in [1.29, 1.82) is 0 Å². The second-order valence-electron chi connectivity index (χ2n) is 10.1. The van der Waals surface area contributed by atoms with Gasteiger partial charge in [-0.15, -0.1) is 0 Å². The van der Waals surface area contributed by atoms with E-state index in [4.69, 9.17) is 9.84 Å². The number of aliphatic carboxylic acids is 1. The molecule has 0 atom stereocenters. The van der Waals surface area contributed by atoms with Gasteiger partial charge in [0.2, 0.25) is 17.7 Å². The van der Waals surface area contributed by atoms with Gasteiger partial charge >= 0.3 is 12.1 Å². The highest BCUT2D eigenvalue weighted by Crippen LogP contribution is 2.31. The zero-order valence-corrected chi connectivity index (χ0v) is 21.1. The minimum Gasteiger partial charge on any atom is -0.481 e. The van der Waals surface area contributed by atoms with Crippen LogP contribution in [0.2, 0.25) is 0 Å². The number of rotatable bonds is 7. The molecule has 0 spiro atoms. The summed E-state index contributed by atoms with van der Waals surface area (Å²) < 4.78 is 5.42. The Morgan fingerprint density at radius 2 is 1.59 bits per heavy atom. The van der Waals surface area contributed by atoms with Gasteiger partial charge < -0.3 is 19.6 Å². The number of amides is 3. The Bertz CT molecular complexity index is 1140. The first-order chi connectivity index (χ1) is 17.6. The van der Waals surface area contributed by atoms with Crippen molar-refractivity contribution in [2.45, 2.75) is 39.5 Å². The Labute approximate surface area is 215 Å². The molecule has 1 N–H and O–H groups in total. The van der Waals surface area contributed by atoms with Crippen LogP contribution in [0.3, 0.4) is 0 Å². The van der Waals surface area contributed by atoms with E-state index in [1.54, 1.807) is 41.6 Å². The smallest absolute Gasteiger partial charge is 0.416 e. The summed E-state index contributed by atoms with van der Waals surface area (Å²) in [5, 5.41) is 8.87. The number of piperidine rings is 1. The molecule has 0 unspecified atom stereocenters. The van der Waals surface area contributed by atoms with Crippen molar-refractivity contribution in [3.05, 3.63) is 47.8 Å². The van der Waals surface area contributed by atoms with E-state index in [9.17, 15) is 19.2 Å². The summed E-state index contributed by atoms with van der Waals surface area (Å²) in [5.41, 5.74) is 1.17. The van der Waals surface area contributed by atoms with Gasteiger partial charge in [-0.1, -0.05) is 26.0 Å². The number of carboxylic acids is 1. The number of imide groups is 1. The summed E-state index contributed by atoms with van der Waals surface area (Å²) >= 11 is 0. The minimum atomic E-state index is -0.902. The monoisotopic (exact) mass is 509 g/mol. The van der Waals surface area contributed by atoms with Gasteiger partial charge in [0.15, 0.2) is 0 Å². The quantitative estimate of drug-likeness (QED) is 0.557. The van der Waals surface area contributed by atoms with Gasteiger partial charge in [-0.3, -0.25) is 19.3 Å². The van der Waals surface area contributed by atoms with Crippen LogP contribution in [0, 0.1) is 5.41 Å². The maximum atomic E-state index is 12.6. The molecule has 11 nitrogen and oxygen atoms in total. The van der Waals surface area contributed by atoms with Crippen LogP contribution < -0.4 is 9.64 Å². The van der Waals surface area contributed by atoms with Crippen LogP contribution >= 0.6 is 0 Å². The first-order valence-electron chi connectivity index (χ1n) is 12.3. The standard InChI is InChI=1S/C26H31N5O6/c1-26(2)14-22(32)31(23(33)15-26)8-7-18-4-6-21(28-16-18)37-25(36)30-11-9-29(10-12-30)20-5-3-19(17-27-20)13-24(34)35/h3-6,16-17H,7-15H2,1-2H3,(H,34,35). The molecule has 2 aliphatic rings. The molecule has 4 rings (SSSR count). The molecule has 3 amide bonds. The maximum Gasteiger partial charge on any atom is 0.416 e. The number of aromatic nitrogens is 2. The summed E-state index contributed by atoms with van der Waals surface area (Å²) in [5.74, 6) is -0.285. The van der Waals surface area contributed by atoms with E-state index in [-0.39, 0.29) is 29.5 Å². The molecule has 2 fully saturated rings. The molecule has 11 heteroatoms. The zero-order valence-electron chi connectivity index (χ0n) is 21.1. The van der Waals surface area contributed by atoms with Gasteiger partial charge in [0.25, 0.3) is 0 Å². The summed E-state index contributed by atoms with van der Waals surface area (Å²) in [6, 6.07) is 6.91. The normalized spacial score (nSPS) is 17.6. The van der Waals surface area contributed by atoms with Gasteiger partial charge in [-0.25, -0.2) is 14.8 Å². The summed E-state index contributed by atoms with van der Waals surface area (Å²) in [6.45, 7) is 6.18. The summed E-state index contributed by atoms with van der Waals surface area (Å²) in [4.78, 5) is 61.5. The molecule has 0 aromatic carbocycles. The molecule has 2 aromatic heterocycles. The highest BCUT2D eigenvalue weighted by atomic mass is 16.6. The fraction of sp³-hybridized carbons (Fsp3) is 0.462. The number of carbonyl (C=O) groups is 4. The van der Waals surface area contributed by atoms with Crippen molar-refractivity contribution in [3.63, 3.8) is 0 Å². The summed E-state index contributed by atoms with van der Waals surface area (Å²) in [7, 11) is 0. The molecular weight excluding hydrogens is 478 g/mol. The maximum absolute atomic E-state index is 12.6. The molecule has 0 aliphatic carbocycles. The third-order valence-electron chi connectivity index (χ3n) is 6.50. The van der Waals surface area contributed by atoms with Crippen LogP contribution in [0.5, 0.6) is 5.88 Å². The van der Waals surface area contributed by atoms with Crippen molar-refractivity contribution < 1.29 is 29.0 Å². The lowest BCUT2D eigenvalue weighted by Crippen LogP contribution is -2.49. The highest BCUT2D eigenvalue weighted by molar-refractivity contribution is 5.98. The van der Waals surface area contributed by atoms with Crippen LogP contribution in [-0.2, 0) is 27.2 Å². The molecule has 4 heterocycles. The van der Waals surface area contributed by atoms with Crippen molar-refractivity contribution in [1.82, 2.24) is 19.8 Å². The molecule has 2 aromatic rings. The lowest BCUT2D eigenvalue weighted by atomic mass is 9.81. The van der Waals surface area contributed by atoms with Gasteiger partial charge in [-0.05, 0) is 29.0 Å². The number of piperazine rings is 1. The number of hydrogen-bond donors (Lipinski definition) is 1. The van der Waals surface area contributed by atoms with Gasteiger partial charge in [0.1, 0.15) is 5.82 Å². The fourth-order valence-electron chi connectivity index (χ4n) is 4.48. The Kier molecular flexibility index (Phi) is 7.70. The number of carboxylic acid groups (broad SMARTS) is 1. The largest absolute Gasteiger partial charge is 0.481 e. The molecule has 37 heavy (non-hydrogen) atoms. The van der Waals surface area contributed by atoms with Crippen LogP contribution in [0.15, 0.2) is 36.7 Å². The van der Waals surface area contributed by atoms with Crippen molar-refractivity contribution >= 4 is 29.7 Å². The Morgan fingerprint density at radius 3 is 2.16 bits per heavy atom. The first kappa shape index (κ1) is 26.1. The van der Waals surface area contributed by atoms with E-state index in [0.29, 0.717) is 57.5 Å². The zero-order chi connectivity index (χ0) is 26.6. The van der Waals surface area contributed by atoms with Crippen molar-refractivity contribution in [2.75, 3.05) is 37.6 Å². The number of ether oxygens (including phenoxy) is 1. The van der Waals surface area contributed by atoms with E-state index in [0.717, 1.165) is 11.4 Å². The SMILES string of the molecule is CC1(C)CC(=O)N(CCc2ccc(OC(=O)N3CCN(c4ccc(CC(=O)O)cn4)CC3)nc2)C(=O)C1. The molecule has 2 aliphatic heterocycles. The summed E-state index contributed by atoms with van der Waals surface area (Å²) in [6.07, 6.45) is 3.78. The first-order valence-corrected chi connectivity index (χ1v) is 12.3. The Hall–Kier alpha value is -4.02. The third kappa shape index (κ3) is 6.81. The van der Waals surface area contributed by atoms with Crippen LogP contribution in [0.1, 0.15) is 37.8 Å². The molecule has 2 saturated heterocycles. The average molecular weight is 510 g/mol. The second kappa shape index (κ2) is 10.9. The van der Waals surface area contributed by atoms with E-state index in [1.165, 1.54) is 4.90 Å². The second-order valence-corrected chi connectivity index (χ2v) is 10.1. The van der Waals surface area contributed by atoms with E-state index >= 15 is 0 Å². The topological polar surface area (TPSA) is 133 Å². The molecule has 0 radical (unpaired) electrons. The lowest BCUT2D eigenvalue weighted by Gasteiger charge is -2.34. The fourth-order valence-corrected chi connectivity index (χ4v) is 4.48. The minimum absolute atomic E-state index is 0.0712. The number of anilines is 1. The van der Waals surface area contributed by atoms with Gasteiger partial charge in [0.05, 0.1) is 6.42 Å². The lowest BCUT2D eigenvalue weighted by molar-refractivity contribution is -0.152. The van der Waals surface area contributed by atoms with Crippen molar-refractivity contribution in [2.24, 2.45) is 5.41 Å². The molecular formula is C26H31N5O6.